The molecular formula is C38H46N8O4S. The van der Waals surface area contributed by atoms with Gasteiger partial charge in [-0.25, -0.2) is 17.2 Å². The minimum Gasteiger partial charge on any atom is -0.444 e. The van der Waals surface area contributed by atoms with Crippen LogP contribution in [0.5, 0.6) is 0 Å². The summed E-state index contributed by atoms with van der Waals surface area (Å²) >= 11 is 0. The Morgan fingerprint density at radius 3 is 2.18 bits per heavy atom. The summed E-state index contributed by atoms with van der Waals surface area (Å²) in [5.74, 6) is 0. The van der Waals surface area contributed by atoms with E-state index in [9.17, 15) is 13.2 Å². The van der Waals surface area contributed by atoms with E-state index in [4.69, 9.17) is 9.84 Å². The first-order valence-electron chi connectivity index (χ1n) is 17.6. The molecule has 2 aromatic carbocycles. The van der Waals surface area contributed by atoms with Crippen molar-refractivity contribution in [2.24, 2.45) is 0 Å². The molecule has 1 amide bonds. The molecule has 0 bridgehead atoms. The zero-order valence-corrected chi connectivity index (χ0v) is 31.0. The van der Waals surface area contributed by atoms with Crippen LogP contribution in [-0.4, -0.2) is 100 Å². The van der Waals surface area contributed by atoms with Gasteiger partial charge in [0.2, 0.25) is 0 Å². The normalized spacial score (nSPS) is 16.6. The number of rotatable bonds is 6. The minimum absolute atomic E-state index is 0.176. The van der Waals surface area contributed by atoms with Crippen LogP contribution in [0.25, 0.3) is 33.4 Å². The van der Waals surface area contributed by atoms with E-state index >= 15 is 0 Å². The third-order valence-electron chi connectivity index (χ3n) is 9.83. The van der Waals surface area contributed by atoms with Gasteiger partial charge in [0.25, 0.3) is 10.0 Å². The maximum absolute atomic E-state index is 14.0. The zero-order valence-electron chi connectivity index (χ0n) is 30.2. The van der Waals surface area contributed by atoms with Crippen molar-refractivity contribution in [2.75, 3.05) is 51.2 Å². The first kappa shape index (κ1) is 34.7. The molecule has 5 aromatic rings. The van der Waals surface area contributed by atoms with Crippen LogP contribution in [0.2, 0.25) is 0 Å². The topological polar surface area (TPSA) is 119 Å². The number of piperidine rings is 1. The fraction of sp³-hybridized carbons (Fsp3) is 0.421. The van der Waals surface area contributed by atoms with Crippen molar-refractivity contribution < 1.29 is 17.9 Å². The predicted octanol–water partition coefficient (Wildman–Crippen LogP) is 6.14. The van der Waals surface area contributed by atoms with Crippen LogP contribution in [0.3, 0.4) is 0 Å². The Morgan fingerprint density at radius 1 is 0.863 bits per heavy atom. The Balaban J connectivity index is 1.23. The molecule has 0 unspecified atom stereocenters. The van der Waals surface area contributed by atoms with E-state index in [1.54, 1.807) is 41.4 Å². The SMILES string of the molecule is Cc1cc(-c2cc3c(-c4cnn(C5CCN(C)CC5)c4)cn(S(=O)(=O)c4ccccc4)c3nn2)cc(C)c1N1CCN(C(=O)OC(C)(C)C)CC1. The lowest BCUT2D eigenvalue weighted by molar-refractivity contribution is 0.0240. The first-order chi connectivity index (χ1) is 24.3. The summed E-state index contributed by atoms with van der Waals surface area (Å²) in [6.07, 6.45) is 7.22. The summed E-state index contributed by atoms with van der Waals surface area (Å²) in [6, 6.07) is 14.8. The maximum Gasteiger partial charge on any atom is 0.410 e. The minimum atomic E-state index is -3.96. The Hall–Kier alpha value is -4.75. The molecule has 2 aliphatic heterocycles. The number of likely N-dealkylation sites (tertiary alicyclic amines) is 1. The van der Waals surface area contributed by atoms with Gasteiger partial charge < -0.3 is 19.4 Å². The summed E-state index contributed by atoms with van der Waals surface area (Å²) < 4.78 is 36.8. The highest BCUT2D eigenvalue weighted by Crippen LogP contribution is 2.37. The maximum atomic E-state index is 14.0. The number of ether oxygens (including phenoxy) is 1. The fourth-order valence-corrected chi connectivity index (χ4v) is 8.57. The molecule has 0 N–H and O–H groups in total. The average molecular weight is 711 g/mol. The number of carbonyl (C=O) groups excluding carboxylic acids is 1. The van der Waals surface area contributed by atoms with Crippen LogP contribution >= 0.6 is 0 Å². The van der Waals surface area contributed by atoms with Gasteiger partial charge in [0.1, 0.15) is 5.60 Å². The second-order valence-electron chi connectivity index (χ2n) is 14.8. The van der Waals surface area contributed by atoms with Crippen LogP contribution < -0.4 is 4.90 Å². The number of hydrogen-bond donors (Lipinski definition) is 0. The van der Waals surface area contributed by atoms with Gasteiger partial charge in [-0.1, -0.05) is 18.2 Å². The van der Waals surface area contributed by atoms with E-state index < -0.39 is 15.6 Å². The molecule has 0 radical (unpaired) electrons. The summed E-state index contributed by atoms with van der Waals surface area (Å²) in [5, 5.41) is 14.6. The molecule has 5 heterocycles. The van der Waals surface area contributed by atoms with E-state index in [-0.39, 0.29) is 22.7 Å². The Labute approximate surface area is 299 Å². The van der Waals surface area contributed by atoms with Crippen LogP contribution in [0.1, 0.15) is 50.8 Å². The van der Waals surface area contributed by atoms with Gasteiger partial charge in [-0.3, -0.25) is 4.68 Å². The summed E-state index contributed by atoms with van der Waals surface area (Å²) in [4.78, 5) is 19.2. The standard InChI is InChI=1S/C38H46N8O4S/c1-26-20-28(21-27(2)35(26)43-16-18-44(19-17-43)37(47)50-38(3,4)5)34-22-32-33(29-23-39-45(24-29)30-12-14-42(6)15-13-30)25-46(36(32)41-40-34)51(48,49)31-10-8-7-9-11-31/h7-11,20-25,30H,12-19H2,1-6H3. The summed E-state index contributed by atoms with van der Waals surface area (Å²) in [5.41, 5.74) is 6.13. The summed E-state index contributed by atoms with van der Waals surface area (Å²) in [6.45, 7) is 14.4. The number of carbonyl (C=O) groups is 1. The second-order valence-corrected chi connectivity index (χ2v) is 16.6. The lowest BCUT2D eigenvalue weighted by atomic mass is 9.99. The number of benzene rings is 2. The molecule has 51 heavy (non-hydrogen) atoms. The van der Waals surface area contributed by atoms with Gasteiger partial charge in [-0.05, 0) is 109 Å². The highest BCUT2D eigenvalue weighted by molar-refractivity contribution is 7.90. The highest BCUT2D eigenvalue weighted by Gasteiger charge is 2.28. The Kier molecular flexibility index (Phi) is 9.13. The smallest absolute Gasteiger partial charge is 0.410 e. The lowest BCUT2D eigenvalue weighted by Gasteiger charge is -2.38. The van der Waals surface area contributed by atoms with Crippen LogP contribution in [0.4, 0.5) is 10.5 Å². The van der Waals surface area contributed by atoms with Crippen LogP contribution in [0.15, 0.2) is 72.0 Å². The molecule has 0 atom stereocenters. The second kappa shape index (κ2) is 13.4. The fourth-order valence-electron chi connectivity index (χ4n) is 7.23. The molecule has 0 saturated carbocycles. The van der Waals surface area contributed by atoms with Gasteiger partial charge >= 0.3 is 6.09 Å². The van der Waals surface area contributed by atoms with Crippen molar-refractivity contribution in [2.45, 2.75) is 64.0 Å². The number of aryl methyl sites for hydroxylation is 2. The molecular weight excluding hydrogens is 665 g/mol. The molecule has 0 aliphatic carbocycles. The van der Waals surface area contributed by atoms with Crippen LogP contribution in [0, 0.1) is 13.8 Å². The number of anilines is 1. The molecule has 13 heteroatoms. The summed E-state index contributed by atoms with van der Waals surface area (Å²) in [7, 11) is -1.82. The number of nitrogens with zero attached hydrogens (tertiary/aromatic N) is 8. The van der Waals surface area contributed by atoms with Gasteiger partial charge in [-0.15, -0.1) is 10.2 Å². The molecule has 268 valence electrons. The van der Waals surface area contributed by atoms with Crippen molar-refractivity contribution in [3.8, 4) is 22.4 Å². The third-order valence-corrected chi connectivity index (χ3v) is 11.5. The van der Waals surface area contributed by atoms with Crippen molar-refractivity contribution in [3.63, 3.8) is 0 Å². The molecule has 7 rings (SSSR count). The third kappa shape index (κ3) is 6.96. The predicted molar refractivity (Wildman–Crippen MR) is 198 cm³/mol. The van der Waals surface area contributed by atoms with Gasteiger partial charge in [0, 0.05) is 66.3 Å². The molecule has 12 nitrogen and oxygen atoms in total. The van der Waals surface area contributed by atoms with E-state index in [1.807, 2.05) is 43.9 Å². The molecule has 2 saturated heterocycles. The monoisotopic (exact) mass is 710 g/mol. The molecule has 0 spiro atoms. The lowest BCUT2D eigenvalue weighted by Crippen LogP contribution is -2.50. The number of fused-ring (bicyclic) bond motifs is 1. The van der Waals surface area contributed by atoms with E-state index in [2.05, 4.69) is 53.0 Å². The van der Waals surface area contributed by atoms with E-state index in [1.165, 1.54) is 3.97 Å². The average Bonchev–Trinajstić information content (AvgIpc) is 3.74. The van der Waals surface area contributed by atoms with Gasteiger partial charge in [0.05, 0.1) is 22.8 Å². The Bertz CT molecular complexity index is 2150. The molecule has 2 fully saturated rings. The number of amides is 1. The van der Waals surface area contributed by atoms with Crippen LogP contribution in [-0.2, 0) is 14.8 Å². The largest absolute Gasteiger partial charge is 0.444 e. The quantitative estimate of drug-likeness (QED) is 0.205. The number of aromatic nitrogens is 5. The van der Waals surface area contributed by atoms with Gasteiger partial charge in [0.15, 0.2) is 5.65 Å². The van der Waals surface area contributed by atoms with Crippen molar-refractivity contribution in [3.05, 3.63) is 78.2 Å². The molecule has 2 aliphatic rings. The van der Waals surface area contributed by atoms with Crippen molar-refractivity contribution in [1.29, 1.82) is 0 Å². The highest BCUT2D eigenvalue weighted by atomic mass is 32.2. The molecule has 3 aromatic heterocycles. The Morgan fingerprint density at radius 2 is 1.53 bits per heavy atom. The van der Waals surface area contributed by atoms with Crippen molar-refractivity contribution in [1.82, 2.24) is 33.8 Å². The van der Waals surface area contributed by atoms with Crippen molar-refractivity contribution >= 4 is 32.8 Å². The zero-order chi connectivity index (χ0) is 36.1. The number of piperazine rings is 1. The van der Waals surface area contributed by atoms with E-state index in [0.717, 1.165) is 59.4 Å². The van der Waals surface area contributed by atoms with E-state index in [0.29, 0.717) is 37.3 Å². The van der Waals surface area contributed by atoms with Gasteiger partial charge in [-0.2, -0.15) is 5.10 Å². The number of hydrogen-bond acceptors (Lipinski definition) is 9. The first-order valence-corrected chi connectivity index (χ1v) is 19.0.